The first-order valence-corrected chi connectivity index (χ1v) is 8.31. The lowest BCUT2D eigenvalue weighted by Gasteiger charge is -2.19. The van der Waals surface area contributed by atoms with Crippen molar-refractivity contribution in [3.8, 4) is 5.75 Å². The Hall–Kier alpha value is -2.82. The van der Waals surface area contributed by atoms with Crippen LogP contribution in [0.2, 0.25) is 0 Å². The van der Waals surface area contributed by atoms with Gasteiger partial charge in [-0.15, -0.1) is 0 Å². The normalized spacial score (nSPS) is 16.8. The van der Waals surface area contributed by atoms with Crippen LogP contribution in [0.3, 0.4) is 0 Å². The SMILES string of the molecule is COc1ccccc1N1C[C@H](C(=O)Nc2c(C)cccc2C)CC1=O. The molecule has 2 aromatic rings. The van der Waals surface area contributed by atoms with E-state index in [4.69, 9.17) is 4.74 Å². The van der Waals surface area contributed by atoms with E-state index in [2.05, 4.69) is 5.32 Å². The number of nitrogens with one attached hydrogen (secondary N) is 1. The van der Waals surface area contributed by atoms with Crippen molar-refractivity contribution in [2.24, 2.45) is 5.92 Å². The van der Waals surface area contributed by atoms with Crippen molar-refractivity contribution in [3.05, 3.63) is 53.6 Å². The highest BCUT2D eigenvalue weighted by Gasteiger charge is 2.36. The van der Waals surface area contributed by atoms with E-state index in [1.165, 1.54) is 0 Å². The first-order valence-electron chi connectivity index (χ1n) is 8.31. The van der Waals surface area contributed by atoms with Crippen LogP contribution < -0.4 is 15.0 Å². The minimum atomic E-state index is -0.378. The second kappa shape index (κ2) is 6.97. The number of aryl methyl sites for hydroxylation is 2. The molecule has 1 fully saturated rings. The number of para-hydroxylation sites is 3. The van der Waals surface area contributed by atoms with Crippen LogP contribution in [-0.4, -0.2) is 25.5 Å². The molecule has 0 saturated carbocycles. The van der Waals surface area contributed by atoms with Gasteiger partial charge in [-0.25, -0.2) is 0 Å². The summed E-state index contributed by atoms with van der Waals surface area (Å²) in [6.07, 6.45) is 0.203. The summed E-state index contributed by atoms with van der Waals surface area (Å²) in [4.78, 5) is 26.7. The van der Waals surface area contributed by atoms with Gasteiger partial charge in [-0.3, -0.25) is 9.59 Å². The second-order valence-electron chi connectivity index (χ2n) is 6.33. The lowest BCUT2D eigenvalue weighted by molar-refractivity contribution is -0.122. The average molecular weight is 338 g/mol. The third kappa shape index (κ3) is 3.36. The van der Waals surface area contributed by atoms with Crippen molar-refractivity contribution in [1.82, 2.24) is 0 Å². The highest BCUT2D eigenvalue weighted by Crippen LogP contribution is 2.33. The number of carbonyl (C=O) groups is 2. The Labute approximate surface area is 147 Å². The van der Waals surface area contributed by atoms with Gasteiger partial charge in [-0.1, -0.05) is 30.3 Å². The van der Waals surface area contributed by atoms with E-state index in [1.807, 2.05) is 56.3 Å². The van der Waals surface area contributed by atoms with Crippen LogP contribution in [0.25, 0.3) is 0 Å². The van der Waals surface area contributed by atoms with Gasteiger partial charge in [-0.05, 0) is 37.1 Å². The molecule has 1 N–H and O–H groups in total. The van der Waals surface area contributed by atoms with Crippen LogP contribution in [0.5, 0.6) is 5.75 Å². The molecule has 0 bridgehead atoms. The van der Waals surface area contributed by atoms with Crippen molar-refractivity contribution in [2.45, 2.75) is 20.3 Å². The molecule has 5 heteroatoms. The molecule has 2 amide bonds. The smallest absolute Gasteiger partial charge is 0.229 e. The quantitative estimate of drug-likeness (QED) is 0.930. The van der Waals surface area contributed by atoms with Gasteiger partial charge in [0.25, 0.3) is 0 Å². The summed E-state index contributed by atoms with van der Waals surface area (Å²) in [5, 5.41) is 2.99. The predicted molar refractivity (Wildman–Crippen MR) is 98.0 cm³/mol. The van der Waals surface area contributed by atoms with Crippen molar-refractivity contribution in [3.63, 3.8) is 0 Å². The Kier molecular flexibility index (Phi) is 4.74. The molecule has 130 valence electrons. The van der Waals surface area contributed by atoms with Crippen molar-refractivity contribution in [1.29, 1.82) is 0 Å². The minimum Gasteiger partial charge on any atom is -0.495 e. The molecule has 0 spiro atoms. The minimum absolute atomic E-state index is 0.0637. The van der Waals surface area contributed by atoms with E-state index in [1.54, 1.807) is 12.0 Å². The topological polar surface area (TPSA) is 58.6 Å². The molecule has 0 aromatic heterocycles. The Balaban J connectivity index is 1.77. The Morgan fingerprint density at radius 3 is 2.48 bits per heavy atom. The van der Waals surface area contributed by atoms with Crippen molar-refractivity contribution >= 4 is 23.2 Å². The Morgan fingerprint density at radius 1 is 1.12 bits per heavy atom. The fourth-order valence-corrected chi connectivity index (χ4v) is 3.21. The zero-order chi connectivity index (χ0) is 18.0. The number of hydrogen-bond donors (Lipinski definition) is 1. The first-order chi connectivity index (χ1) is 12.0. The number of ether oxygens (including phenoxy) is 1. The highest BCUT2D eigenvalue weighted by molar-refractivity contribution is 6.04. The third-order valence-electron chi connectivity index (χ3n) is 4.60. The molecular formula is C20H22N2O3. The van der Waals surface area contributed by atoms with Gasteiger partial charge in [0.1, 0.15) is 5.75 Å². The average Bonchev–Trinajstić information content (AvgIpc) is 3.00. The summed E-state index contributed by atoms with van der Waals surface area (Å²) < 4.78 is 5.33. The van der Waals surface area contributed by atoms with Gasteiger partial charge in [0.15, 0.2) is 0 Å². The number of hydrogen-bond acceptors (Lipinski definition) is 3. The molecular weight excluding hydrogens is 316 g/mol. The number of methoxy groups -OCH3 is 1. The molecule has 1 aliphatic rings. The summed E-state index contributed by atoms with van der Waals surface area (Å²) in [5.41, 5.74) is 3.56. The van der Waals surface area contributed by atoms with Crippen LogP contribution in [0.1, 0.15) is 17.5 Å². The van der Waals surface area contributed by atoms with E-state index in [0.717, 1.165) is 16.8 Å². The zero-order valence-corrected chi connectivity index (χ0v) is 14.7. The lowest BCUT2D eigenvalue weighted by Crippen LogP contribution is -2.28. The van der Waals surface area contributed by atoms with Gasteiger partial charge in [0, 0.05) is 18.7 Å². The number of benzene rings is 2. The standard InChI is InChI=1S/C20H22N2O3/c1-13-7-6-8-14(2)19(13)21-20(24)15-11-18(23)22(12-15)16-9-4-5-10-17(16)25-3/h4-10,15H,11-12H2,1-3H3,(H,21,24)/t15-/m1/s1. The Morgan fingerprint density at radius 2 is 1.80 bits per heavy atom. The summed E-state index contributed by atoms with van der Waals surface area (Å²) in [6, 6.07) is 13.2. The summed E-state index contributed by atoms with van der Waals surface area (Å²) in [5.74, 6) is 0.0670. The van der Waals surface area contributed by atoms with Crippen molar-refractivity contribution in [2.75, 3.05) is 23.9 Å². The molecule has 0 aliphatic carbocycles. The van der Waals surface area contributed by atoms with Gasteiger partial charge in [0.05, 0.1) is 18.7 Å². The van der Waals surface area contributed by atoms with E-state index < -0.39 is 0 Å². The van der Waals surface area contributed by atoms with Gasteiger partial charge >= 0.3 is 0 Å². The van der Waals surface area contributed by atoms with E-state index in [9.17, 15) is 9.59 Å². The van der Waals surface area contributed by atoms with Crippen LogP contribution in [0.4, 0.5) is 11.4 Å². The second-order valence-corrected chi connectivity index (χ2v) is 6.33. The molecule has 1 saturated heterocycles. The lowest BCUT2D eigenvalue weighted by atomic mass is 10.1. The first kappa shape index (κ1) is 17.0. The molecule has 5 nitrogen and oxygen atoms in total. The predicted octanol–water partition coefficient (Wildman–Crippen LogP) is 3.30. The largest absolute Gasteiger partial charge is 0.495 e. The maximum absolute atomic E-state index is 12.7. The van der Waals surface area contributed by atoms with Crippen LogP contribution >= 0.6 is 0 Å². The fraction of sp³-hybridized carbons (Fsp3) is 0.300. The van der Waals surface area contributed by atoms with Crippen LogP contribution in [0.15, 0.2) is 42.5 Å². The Bertz CT molecular complexity index is 796. The number of amides is 2. The molecule has 1 atom stereocenters. The summed E-state index contributed by atoms with van der Waals surface area (Å²) in [6.45, 7) is 4.28. The van der Waals surface area contributed by atoms with Gasteiger partial charge < -0.3 is 15.0 Å². The molecule has 25 heavy (non-hydrogen) atoms. The maximum Gasteiger partial charge on any atom is 0.229 e. The number of anilines is 2. The van der Waals surface area contributed by atoms with Gasteiger partial charge in [-0.2, -0.15) is 0 Å². The van der Waals surface area contributed by atoms with Crippen LogP contribution in [0, 0.1) is 19.8 Å². The van der Waals surface area contributed by atoms with E-state index in [-0.39, 0.29) is 24.2 Å². The molecule has 0 radical (unpaired) electrons. The number of carbonyl (C=O) groups excluding carboxylic acids is 2. The van der Waals surface area contributed by atoms with Crippen molar-refractivity contribution < 1.29 is 14.3 Å². The molecule has 1 aliphatic heterocycles. The van der Waals surface area contributed by atoms with E-state index in [0.29, 0.717) is 18.0 Å². The molecule has 3 rings (SSSR count). The fourth-order valence-electron chi connectivity index (χ4n) is 3.21. The molecule has 1 heterocycles. The maximum atomic E-state index is 12.7. The molecule has 0 unspecified atom stereocenters. The van der Waals surface area contributed by atoms with Crippen LogP contribution in [-0.2, 0) is 9.59 Å². The number of nitrogens with zero attached hydrogens (tertiary/aromatic N) is 1. The monoisotopic (exact) mass is 338 g/mol. The summed E-state index contributed by atoms with van der Waals surface area (Å²) >= 11 is 0. The number of rotatable bonds is 4. The zero-order valence-electron chi connectivity index (χ0n) is 14.7. The summed E-state index contributed by atoms with van der Waals surface area (Å²) in [7, 11) is 1.57. The highest BCUT2D eigenvalue weighted by atomic mass is 16.5. The molecule has 2 aromatic carbocycles. The third-order valence-corrected chi connectivity index (χ3v) is 4.60. The van der Waals surface area contributed by atoms with Gasteiger partial charge in [0.2, 0.25) is 11.8 Å². The van der Waals surface area contributed by atoms with E-state index >= 15 is 0 Å².